The predicted molar refractivity (Wildman–Crippen MR) is 121 cm³/mol. The van der Waals surface area contributed by atoms with Crippen molar-refractivity contribution in [1.82, 2.24) is 14.8 Å². The first-order valence-electron chi connectivity index (χ1n) is 9.97. The molecule has 3 rings (SSSR count). The molecule has 1 N–H and O–H groups in total. The van der Waals surface area contributed by atoms with E-state index in [4.69, 9.17) is 0 Å². The second kappa shape index (κ2) is 9.70. The molecule has 7 nitrogen and oxygen atoms in total. The van der Waals surface area contributed by atoms with Crippen molar-refractivity contribution < 1.29 is 27.1 Å². The summed E-state index contributed by atoms with van der Waals surface area (Å²) in [6.45, 7) is 3.23. The van der Waals surface area contributed by atoms with Gasteiger partial charge in [-0.25, -0.2) is 26.9 Å². The maximum absolute atomic E-state index is 14.9. The van der Waals surface area contributed by atoms with E-state index in [1.807, 2.05) is 0 Å². The summed E-state index contributed by atoms with van der Waals surface area (Å²) in [5.41, 5.74) is 0.0453. The molecule has 0 unspecified atom stereocenters. The first-order valence-corrected chi connectivity index (χ1v) is 12.7. The number of sulfone groups is 1. The van der Waals surface area contributed by atoms with Crippen LogP contribution in [0.5, 0.6) is 0 Å². The van der Waals surface area contributed by atoms with Crippen molar-refractivity contribution in [2.24, 2.45) is 0 Å². The van der Waals surface area contributed by atoms with Crippen LogP contribution in [-0.4, -0.2) is 46.4 Å². The maximum atomic E-state index is 14.9. The molecule has 0 spiro atoms. The minimum absolute atomic E-state index is 0.0308. The molecule has 11 heteroatoms. The van der Waals surface area contributed by atoms with Gasteiger partial charge in [0, 0.05) is 23.4 Å². The van der Waals surface area contributed by atoms with Gasteiger partial charge in [0.1, 0.15) is 34.4 Å². The number of ketones is 1. The predicted octanol–water partition coefficient (Wildman–Crippen LogP) is 3.76. The number of nitrogens with zero attached hydrogens (tertiary/aromatic N) is 3. The standard InChI is InChI=1S/C22H23F2N3O4S2/c1-4-19(28)21(27-13-25-12-26-27)32-22(2,17-10-7-15(23)11-18(17)24)20(29)14-5-8-16(9-6-14)33(3,30)31/h5-13,19,21,28H,4H2,1-3H3/t19-,21-,22-/m1/s1. The molecule has 0 saturated heterocycles. The van der Waals surface area contributed by atoms with Crippen LogP contribution < -0.4 is 0 Å². The normalized spacial score (nSPS) is 15.6. The molecule has 0 bridgehead atoms. The number of carbonyl (C=O) groups is 1. The fourth-order valence-electron chi connectivity index (χ4n) is 3.35. The van der Waals surface area contributed by atoms with Crippen molar-refractivity contribution >= 4 is 27.4 Å². The van der Waals surface area contributed by atoms with Crippen molar-refractivity contribution in [3.63, 3.8) is 0 Å². The van der Waals surface area contributed by atoms with Gasteiger partial charge >= 0.3 is 0 Å². The van der Waals surface area contributed by atoms with Crippen molar-refractivity contribution in [1.29, 1.82) is 0 Å². The van der Waals surface area contributed by atoms with Gasteiger partial charge in [-0.1, -0.05) is 25.1 Å². The molecule has 3 aromatic rings. The van der Waals surface area contributed by atoms with E-state index in [0.29, 0.717) is 12.5 Å². The second-order valence-electron chi connectivity index (χ2n) is 7.64. The van der Waals surface area contributed by atoms with Crippen LogP contribution in [0.1, 0.15) is 41.6 Å². The number of benzene rings is 2. The Labute approximate surface area is 194 Å². The molecular formula is C22H23F2N3O4S2. The molecule has 0 aliphatic rings. The summed E-state index contributed by atoms with van der Waals surface area (Å²) in [7, 11) is -3.48. The van der Waals surface area contributed by atoms with Crippen LogP contribution in [0, 0.1) is 11.6 Å². The number of carbonyl (C=O) groups excluding carboxylic acids is 1. The summed E-state index contributed by atoms with van der Waals surface area (Å²) >= 11 is 0.949. The third-order valence-electron chi connectivity index (χ3n) is 5.22. The average Bonchev–Trinajstić information content (AvgIpc) is 3.30. The molecule has 0 saturated carbocycles. The van der Waals surface area contributed by atoms with Crippen LogP contribution in [0.3, 0.4) is 0 Å². The zero-order chi connectivity index (χ0) is 24.4. The summed E-state index contributed by atoms with van der Waals surface area (Å²) in [4.78, 5) is 17.6. The highest BCUT2D eigenvalue weighted by Crippen LogP contribution is 2.47. The van der Waals surface area contributed by atoms with Gasteiger partial charge in [0.15, 0.2) is 15.6 Å². The van der Waals surface area contributed by atoms with Crippen LogP contribution in [0.4, 0.5) is 8.78 Å². The first-order chi connectivity index (χ1) is 15.5. The summed E-state index contributed by atoms with van der Waals surface area (Å²) in [5.74, 6) is -2.27. The lowest BCUT2D eigenvalue weighted by molar-refractivity contribution is 0.0944. The smallest absolute Gasteiger partial charge is 0.183 e. The minimum atomic E-state index is -3.48. The number of aliphatic hydroxyl groups excluding tert-OH is 1. The highest BCUT2D eigenvalue weighted by atomic mass is 32.2. The van der Waals surface area contributed by atoms with Crippen molar-refractivity contribution in [2.75, 3.05) is 6.26 Å². The number of aromatic nitrogens is 3. The Bertz CT molecular complexity index is 1240. The Kier molecular flexibility index (Phi) is 7.35. The van der Waals surface area contributed by atoms with Gasteiger partial charge in [-0.2, -0.15) is 5.10 Å². The lowest BCUT2D eigenvalue weighted by atomic mass is 9.91. The van der Waals surface area contributed by atoms with Crippen LogP contribution in [0.25, 0.3) is 0 Å². The fraction of sp³-hybridized carbons (Fsp3) is 0.318. The Hall–Kier alpha value is -2.63. The van der Waals surface area contributed by atoms with E-state index in [2.05, 4.69) is 10.1 Å². The Balaban J connectivity index is 2.13. The number of hydrogen-bond donors (Lipinski definition) is 1. The van der Waals surface area contributed by atoms with Crippen molar-refractivity contribution in [2.45, 2.75) is 41.4 Å². The lowest BCUT2D eigenvalue weighted by Crippen LogP contribution is -2.35. The zero-order valence-electron chi connectivity index (χ0n) is 18.1. The molecule has 0 amide bonds. The third kappa shape index (κ3) is 5.31. The number of rotatable bonds is 9. The molecule has 1 aromatic heterocycles. The number of Topliss-reactive ketones (excluding diaryl/α,β-unsaturated/α-hetero) is 1. The van der Waals surface area contributed by atoms with Gasteiger partial charge in [-0.05, 0) is 31.5 Å². The number of halogens is 2. The second-order valence-corrected chi connectivity index (χ2v) is 11.2. The van der Waals surface area contributed by atoms with Gasteiger partial charge in [0.2, 0.25) is 0 Å². The van der Waals surface area contributed by atoms with Gasteiger partial charge in [-0.3, -0.25) is 4.79 Å². The van der Waals surface area contributed by atoms with Crippen LogP contribution in [-0.2, 0) is 14.6 Å². The van der Waals surface area contributed by atoms with Gasteiger partial charge in [0.05, 0.1) is 11.0 Å². The highest BCUT2D eigenvalue weighted by molar-refractivity contribution is 8.01. The number of aliphatic hydroxyl groups is 1. The molecule has 1 heterocycles. The molecule has 3 atom stereocenters. The molecular weight excluding hydrogens is 472 g/mol. The van der Waals surface area contributed by atoms with E-state index in [0.717, 1.165) is 24.1 Å². The van der Waals surface area contributed by atoms with Crippen LogP contribution in [0.2, 0.25) is 0 Å². The Morgan fingerprint density at radius 3 is 2.39 bits per heavy atom. The molecule has 2 aromatic carbocycles. The van der Waals surface area contributed by atoms with E-state index in [1.54, 1.807) is 6.92 Å². The largest absolute Gasteiger partial charge is 0.390 e. The summed E-state index contributed by atoms with van der Waals surface area (Å²) in [6, 6.07) is 8.22. The molecule has 0 aliphatic carbocycles. The van der Waals surface area contributed by atoms with Crippen LogP contribution >= 0.6 is 11.8 Å². The molecule has 33 heavy (non-hydrogen) atoms. The Morgan fingerprint density at radius 1 is 1.21 bits per heavy atom. The summed E-state index contributed by atoms with van der Waals surface area (Å²) < 4.78 is 51.9. The SMILES string of the molecule is CC[C@@H](O)[C@@H](S[C@@](C)(C(=O)c1ccc(S(C)(=O)=O)cc1)c1ccc(F)cc1F)n1cncn1. The molecule has 176 valence electrons. The van der Waals surface area contributed by atoms with Crippen molar-refractivity contribution in [3.8, 4) is 0 Å². The highest BCUT2D eigenvalue weighted by Gasteiger charge is 2.43. The van der Waals surface area contributed by atoms with Gasteiger partial charge < -0.3 is 5.11 Å². The minimum Gasteiger partial charge on any atom is -0.390 e. The topological polar surface area (TPSA) is 102 Å². The van der Waals surface area contributed by atoms with E-state index in [1.165, 1.54) is 54.6 Å². The zero-order valence-corrected chi connectivity index (χ0v) is 19.8. The van der Waals surface area contributed by atoms with Crippen molar-refractivity contribution in [3.05, 3.63) is 77.9 Å². The summed E-state index contributed by atoms with van der Waals surface area (Å²) in [6.07, 6.45) is 3.06. The molecule has 0 aliphatic heterocycles. The summed E-state index contributed by atoms with van der Waals surface area (Å²) in [5, 5.41) is 13.9. The molecule has 0 fully saturated rings. The van der Waals surface area contributed by atoms with Gasteiger partial charge in [-0.15, -0.1) is 11.8 Å². The van der Waals surface area contributed by atoms with E-state index in [-0.39, 0.29) is 16.0 Å². The Morgan fingerprint density at radius 2 is 1.88 bits per heavy atom. The van der Waals surface area contributed by atoms with Crippen LogP contribution in [0.15, 0.2) is 60.0 Å². The maximum Gasteiger partial charge on any atom is 0.183 e. The molecule has 0 radical (unpaired) electrons. The first kappa shape index (κ1) is 25.0. The van der Waals surface area contributed by atoms with E-state index < -0.39 is 43.5 Å². The third-order valence-corrected chi connectivity index (χ3v) is 8.00. The fourth-order valence-corrected chi connectivity index (χ4v) is 5.54. The van der Waals surface area contributed by atoms with E-state index >= 15 is 0 Å². The lowest BCUT2D eigenvalue weighted by Gasteiger charge is -2.34. The average molecular weight is 496 g/mol. The van der Waals surface area contributed by atoms with E-state index in [9.17, 15) is 27.1 Å². The number of hydrogen-bond acceptors (Lipinski definition) is 7. The quantitative estimate of drug-likeness (QED) is 0.451. The van der Waals surface area contributed by atoms with Gasteiger partial charge in [0.25, 0.3) is 0 Å². The number of thioether (sulfide) groups is 1. The monoisotopic (exact) mass is 495 g/mol.